The number of fused-ring (bicyclic) bond motifs is 2. The number of nitrogens with zero attached hydrogens (tertiary/aromatic N) is 1. The number of nitrogens with one attached hydrogen (secondary N) is 1. The van der Waals surface area contributed by atoms with Crippen LogP contribution in [0, 0.1) is 0 Å². The van der Waals surface area contributed by atoms with E-state index in [4.69, 9.17) is 4.98 Å². The van der Waals surface area contributed by atoms with Crippen LogP contribution in [0.5, 0.6) is 0 Å². The Bertz CT molecular complexity index is 887. The molecule has 1 heterocycles. The standard InChI is InChI=1S/C21H20N2O/c24-21(22-14-15-8-2-1-3-9-15)20-16-10-4-6-12-18(16)23-19-13-7-5-11-17(19)20/h1-4,6,8-10,12H,5,7,11,13-14H2,(H,22,24). The Morgan fingerprint density at radius 3 is 2.58 bits per heavy atom. The fraction of sp³-hybridized carbons (Fsp3) is 0.238. The van der Waals surface area contributed by atoms with Crippen molar-refractivity contribution < 1.29 is 4.79 Å². The first-order valence-corrected chi connectivity index (χ1v) is 8.55. The maximum Gasteiger partial charge on any atom is 0.252 e. The molecule has 0 spiro atoms. The maximum atomic E-state index is 13.0. The van der Waals surface area contributed by atoms with Gasteiger partial charge in [0.05, 0.1) is 11.1 Å². The van der Waals surface area contributed by atoms with Crippen molar-refractivity contribution in [3.8, 4) is 0 Å². The topological polar surface area (TPSA) is 42.0 Å². The minimum absolute atomic E-state index is 0.00982. The summed E-state index contributed by atoms with van der Waals surface area (Å²) < 4.78 is 0. The Hall–Kier alpha value is -2.68. The van der Waals surface area contributed by atoms with Gasteiger partial charge in [0.15, 0.2) is 0 Å². The Morgan fingerprint density at radius 2 is 1.71 bits per heavy atom. The van der Waals surface area contributed by atoms with Crippen LogP contribution >= 0.6 is 0 Å². The molecule has 0 saturated carbocycles. The molecule has 2 aromatic carbocycles. The summed E-state index contributed by atoms with van der Waals surface area (Å²) in [6.07, 6.45) is 4.20. The predicted molar refractivity (Wildman–Crippen MR) is 96.0 cm³/mol. The lowest BCUT2D eigenvalue weighted by Crippen LogP contribution is -2.26. The molecule has 1 amide bonds. The molecule has 3 heteroatoms. The number of amides is 1. The molecule has 0 radical (unpaired) electrons. The highest BCUT2D eigenvalue weighted by Crippen LogP contribution is 2.29. The molecule has 0 fully saturated rings. The van der Waals surface area contributed by atoms with E-state index in [0.29, 0.717) is 6.54 Å². The van der Waals surface area contributed by atoms with E-state index in [9.17, 15) is 4.79 Å². The van der Waals surface area contributed by atoms with Crippen molar-refractivity contribution in [1.29, 1.82) is 0 Å². The zero-order valence-corrected chi connectivity index (χ0v) is 13.6. The Labute approximate surface area is 141 Å². The number of aryl methyl sites for hydroxylation is 1. The molecular formula is C21H20N2O. The van der Waals surface area contributed by atoms with Gasteiger partial charge in [-0.1, -0.05) is 48.5 Å². The summed E-state index contributed by atoms with van der Waals surface area (Å²) in [5.41, 5.74) is 5.10. The third-order valence-electron chi connectivity index (χ3n) is 4.69. The van der Waals surface area contributed by atoms with Crippen molar-refractivity contribution in [3.63, 3.8) is 0 Å². The summed E-state index contributed by atoms with van der Waals surface area (Å²) in [5, 5.41) is 4.05. The molecule has 4 rings (SSSR count). The van der Waals surface area contributed by atoms with Gasteiger partial charge < -0.3 is 5.32 Å². The van der Waals surface area contributed by atoms with Gasteiger partial charge in [-0.25, -0.2) is 0 Å². The quantitative estimate of drug-likeness (QED) is 0.792. The van der Waals surface area contributed by atoms with E-state index in [1.54, 1.807) is 0 Å². The molecule has 1 aliphatic rings. The second-order valence-electron chi connectivity index (χ2n) is 6.30. The van der Waals surface area contributed by atoms with Crippen LogP contribution in [0.25, 0.3) is 10.9 Å². The molecule has 0 unspecified atom stereocenters. The first-order chi connectivity index (χ1) is 11.8. The molecular weight excluding hydrogens is 296 g/mol. The third kappa shape index (κ3) is 2.78. The van der Waals surface area contributed by atoms with Crippen LogP contribution in [0.2, 0.25) is 0 Å². The van der Waals surface area contributed by atoms with E-state index in [1.165, 1.54) is 0 Å². The van der Waals surface area contributed by atoms with Crippen molar-refractivity contribution in [2.24, 2.45) is 0 Å². The summed E-state index contributed by atoms with van der Waals surface area (Å²) in [7, 11) is 0. The van der Waals surface area contributed by atoms with E-state index < -0.39 is 0 Å². The van der Waals surface area contributed by atoms with Gasteiger partial charge in [0.25, 0.3) is 5.91 Å². The Kier molecular flexibility index (Phi) is 3.99. The van der Waals surface area contributed by atoms with Crippen molar-refractivity contribution in [2.45, 2.75) is 32.2 Å². The molecule has 3 aromatic rings. The first kappa shape index (κ1) is 14.9. The monoisotopic (exact) mass is 316 g/mol. The van der Waals surface area contributed by atoms with Crippen LogP contribution in [-0.2, 0) is 19.4 Å². The second kappa shape index (κ2) is 6.44. The summed E-state index contributed by atoms with van der Waals surface area (Å²) >= 11 is 0. The smallest absolute Gasteiger partial charge is 0.252 e. The molecule has 24 heavy (non-hydrogen) atoms. The number of hydrogen-bond donors (Lipinski definition) is 1. The lowest BCUT2D eigenvalue weighted by atomic mass is 9.89. The van der Waals surface area contributed by atoms with Crippen LogP contribution in [0.4, 0.5) is 0 Å². The van der Waals surface area contributed by atoms with Crippen LogP contribution in [0.1, 0.15) is 40.0 Å². The lowest BCUT2D eigenvalue weighted by molar-refractivity contribution is 0.0951. The summed E-state index contributed by atoms with van der Waals surface area (Å²) in [6.45, 7) is 0.547. The number of para-hydroxylation sites is 1. The fourth-order valence-corrected chi connectivity index (χ4v) is 3.50. The zero-order chi connectivity index (χ0) is 16.4. The highest BCUT2D eigenvalue weighted by molar-refractivity contribution is 6.07. The number of pyridine rings is 1. The molecule has 0 bridgehead atoms. The van der Waals surface area contributed by atoms with Crippen molar-refractivity contribution in [2.75, 3.05) is 0 Å². The molecule has 0 saturated heterocycles. The second-order valence-corrected chi connectivity index (χ2v) is 6.30. The number of carbonyl (C=O) groups excluding carboxylic acids is 1. The minimum Gasteiger partial charge on any atom is -0.348 e. The number of carbonyl (C=O) groups is 1. The van der Waals surface area contributed by atoms with E-state index in [0.717, 1.165) is 59.0 Å². The summed E-state index contributed by atoms with van der Waals surface area (Å²) in [6, 6.07) is 18.0. The van der Waals surface area contributed by atoms with E-state index in [2.05, 4.69) is 5.32 Å². The summed E-state index contributed by atoms with van der Waals surface area (Å²) in [5.74, 6) is 0.00982. The molecule has 1 aliphatic carbocycles. The largest absolute Gasteiger partial charge is 0.348 e. The van der Waals surface area contributed by atoms with Gasteiger partial charge in [-0.2, -0.15) is 0 Å². The average molecular weight is 316 g/mol. The lowest BCUT2D eigenvalue weighted by Gasteiger charge is -2.20. The maximum absolute atomic E-state index is 13.0. The Balaban J connectivity index is 1.73. The average Bonchev–Trinajstić information content (AvgIpc) is 2.65. The molecule has 0 aliphatic heterocycles. The number of benzene rings is 2. The van der Waals surface area contributed by atoms with Gasteiger partial charge in [0.2, 0.25) is 0 Å². The highest BCUT2D eigenvalue weighted by atomic mass is 16.1. The first-order valence-electron chi connectivity index (χ1n) is 8.55. The van der Waals surface area contributed by atoms with Crippen LogP contribution in [-0.4, -0.2) is 10.9 Å². The molecule has 1 aromatic heterocycles. The zero-order valence-electron chi connectivity index (χ0n) is 13.6. The van der Waals surface area contributed by atoms with Gasteiger partial charge in [-0.05, 0) is 42.9 Å². The van der Waals surface area contributed by atoms with Crippen LogP contribution < -0.4 is 5.32 Å². The third-order valence-corrected chi connectivity index (χ3v) is 4.69. The van der Waals surface area contributed by atoms with E-state index >= 15 is 0 Å². The van der Waals surface area contributed by atoms with Crippen molar-refractivity contribution in [1.82, 2.24) is 10.3 Å². The molecule has 0 atom stereocenters. The van der Waals surface area contributed by atoms with Crippen LogP contribution in [0.3, 0.4) is 0 Å². The van der Waals surface area contributed by atoms with E-state index in [-0.39, 0.29) is 5.91 Å². The number of rotatable bonds is 3. The van der Waals surface area contributed by atoms with Gasteiger partial charge in [0, 0.05) is 17.6 Å². The predicted octanol–water partition coefficient (Wildman–Crippen LogP) is 4.04. The number of aromatic nitrogens is 1. The number of hydrogen-bond acceptors (Lipinski definition) is 2. The SMILES string of the molecule is O=C(NCc1ccccc1)c1c2c(nc3ccccc13)CCCC2. The summed E-state index contributed by atoms with van der Waals surface area (Å²) in [4.78, 5) is 17.8. The van der Waals surface area contributed by atoms with Crippen LogP contribution in [0.15, 0.2) is 54.6 Å². The normalized spacial score (nSPS) is 13.5. The fourth-order valence-electron chi connectivity index (χ4n) is 3.50. The van der Waals surface area contributed by atoms with Gasteiger partial charge >= 0.3 is 0 Å². The molecule has 1 N–H and O–H groups in total. The Morgan fingerprint density at radius 1 is 0.958 bits per heavy atom. The van der Waals surface area contributed by atoms with E-state index in [1.807, 2.05) is 54.6 Å². The van der Waals surface area contributed by atoms with Gasteiger partial charge in [0.1, 0.15) is 0 Å². The highest BCUT2D eigenvalue weighted by Gasteiger charge is 2.22. The van der Waals surface area contributed by atoms with Crippen molar-refractivity contribution in [3.05, 3.63) is 77.0 Å². The molecule has 3 nitrogen and oxygen atoms in total. The molecule has 120 valence electrons. The van der Waals surface area contributed by atoms with Gasteiger partial charge in [-0.3, -0.25) is 9.78 Å². The minimum atomic E-state index is 0.00982. The van der Waals surface area contributed by atoms with Crippen molar-refractivity contribution >= 4 is 16.8 Å². The van der Waals surface area contributed by atoms with Gasteiger partial charge in [-0.15, -0.1) is 0 Å².